The van der Waals surface area contributed by atoms with E-state index in [1.165, 1.54) is 5.70 Å². The predicted molar refractivity (Wildman–Crippen MR) is 47.9 cm³/mol. The maximum absolute atomic E-state index is 10.2. The van der Waals surface area contributed by atoms with Crippen LogP contribution in [-0.2, 0) is 4.79 Å². The highest BCUT2D eigenvalue weighted by molar-refractivity contribution is 8.06. The van der Waals surface area contributed by atoms with Gasteiger partial charge in [-0.25, -0.2) is 0 Å². The third-order valence-corrected chi connectivity index (χ3v) is 2.63. The Hall–Kier alpha value is -0.700. The van der Waals surface area contributed by atoms with E-state index in [0.29, 0.717) is 0 Å². The summed E-state index contributed by atoms with van der Waals surface area (Å²) in [7, 11) is 0. The van der Waals surface area contributed by atoms with E-state index in [1.807, 2.05) is 6.92 Å². The van der Waals surface area contributed by atoms with Gasteiger partial charge in [0.2, 0.25) is 0 Å². The van der Waals surface area contributed by atoms with E-state index in [2.05, 4.69) is 17.2 Å². The van der Waals surface area contributed by atoms with E-state index >= 15 is 0 Å². The van der Waals surface area contributed by atoms with E-state index in [9.17, 15) is 4.79 Å². The smallest absolute Gasteiger partial charge is 0.145 e. The van der Waals surface area contributed by atoms with Crippen molar-refractivity contribution in [3.63, 3.8) is 0 Å². The third kappa shape index (κ3) is 1.66. The topological polar surface area (TPSA) is 20.3 Å². The number of rotatable bonds is 2. The van der Waals surface area contributed by atoms with Gasteiger partial charge in [-0.1, -0.05) is 11.8 Å². The van der Waals surface area contributed by atoms with Crippen LogP contribution in [0, 0.1) is 0 Å². The fourth-order valence-electron chi connectivity index (χ4n) is 1.04. The zero-order chi connectivity index (χ0) is 8.27. The SMILES string of the molecule is CCN1C(C)=CS/C1=C\C=O. The number of thioether (sulfide) groups is 1. The van der Waals surface area contributed by atoms with Crippen molar-refractivity contribution in [2.45, 2.75) is 13.8 Å². The second-order valence-electron chi connectivity index (χ2n) is 2.26. The van der Waals surface area contributed by atoms with Gasteiger partial charge in [-0.2, -0.15) is 0 Å². The summed E-state index contributed by atoms with van der Waals surface area (Å²) in [5.74, 6) is 0. The average molecular weight is 169 g/mol. The van der Waals surface area contributed by atoms with E-state index in [0.717, 1.165) is 17.9 Å². The quantitative estimate of drug-likeness (QED) is 0.465. The lowest BCUT2D eigenvalue weighted by atomic mass is 10.4. The van der Waals surface area contributed by atoms with Gasteiger partial charge in [0.25, 0.3) is 0 Å². The van der Waals surface area contributed by atoms with Crippen molar-refractivity contribution in [3.05, 3.63) is 22.2 Å². The van der Waals surface area contributed by atoms with Crippen LogP contribution in [0.25, 0.3) is 0 Å². The molecule has 0 unspecified atom stereocenters. The molecule has 2 nitrogen and oxygen atoms in total. The van der Waals surface area contributed by atoms with Crippen molar-refractivity contribution in [2.24, 2.45) is 0 Å². The minimum absolute atomic E-state index is 0.831. The molecule has 1 aliphatic rings. The van der Waals surface area contributed by atoms with Crippen LogP contribution in [0.5, 0.6) is 0 Å². The number of hydrogen-bond acceptors (Lipinski definition) is 3. The zero-order valence-electron chi connectivity index (χ0n) is 6.70. The molecule has 0 spiro atoms. The Morgan fingerprint density at radius 2 is 2.45 bits per heavy atom. The normalized spacial score (nSPS) is 20.7. The molecule has 60 valence electrons. The van der Waals surface area contributed by atoms with Crippen LogP contribution in [-0.4, -0.2) is 17.7 Å². The zero-order valence-corrected chi connectivity index (χ0v) is 7.52. The van der Waals surface area contributed by atoms with Crippen LogP contribution in [0.1, 0.15) is 13.8 Å². The predicted octanol–water partition coefficient (Wildman–Crippen LogP) is 1.96. The molecule has 0 aromatic carbocycles. The van der Waals surface area contributed by atoms with Gasteiger partial charge in [-0.05, 0) is 19.3 Å². The Balaban J connectivity index is 2.75. The Kier molecular flexibility index (Phi) is 2.76. The molecule has 0 radical (unpaired) electrons. The minimum atomic E-state index is 0.831. The Bertz CT molecular complexity index is 220. The maximum atomic E-state index is 10.2. The molecular weight excluding hydrogens is 158 g/mol. The number of carbonyl (C=O) groups excluding carboxylic acids is 1. The highest BCUT2D eigenvalue weighted by Gasteiger charge is 2.14. The lowest BCUT2D eigenvalue weighted by Crippen LogP contribution is -2.14. The molecule has 0 saturated carbocycles. The van der Waals surface area contributed by atoms with Crippen molar-refractivity contribution in [2.75, 3.05) is 6.54 Å². The molecule has 1 heterocycles. The first-order chi connectivity index (χ1) is 5.29. The van der Waals surface area contributed by atoms with Gasteiger partial charge < -0.3 is 4.90 Å². The molecular formula is C8H11NOS. The fraction of sp³-hybridized carbons (Fsp3) is 0.375. The second-order valence-corrected chi connectivity index (χ2v) is 3.15. The largest absolute Gasteiger partial charge is 0.340 e. The number of nitrogens with zero attached hydrogens (tertiary/aromatic N) is 1. The average Bonchev–Trinajstić information content (AvgIpc) is 2.33. The van der Waals surface area contributed by atoms with Crippen molar-refractivity contribution < 1.29 is 4.79 Å². The van der Waals surface area contributed by atoms with Gasteiger partial charge in [0.1, 0.15) is 6.29 Å². The number of allylic oxidation sites excluding steroid dienone is 2. The summed E-state index contributed by atoms with van der Waals surface area (Å²) in [4.78, 5) is 12.3. The molecule has 0 atom stereocenters. The second kappa shape index (κ2) is 3.62. The van der Waals surface area contributed by atoms with Crippen molar-refractivity contribution in [1.82, 2.24) is 4.90 Å². The molecule has 0 fully saturated rings. The molecule has 0 aromatic heterocycles. The van der Waals surface area contributed by atoms with Crippen LogP contribution >= 0.6 is 11.8 Å². The monoisotopic (exact) mass is 169 g/mol. The molecule has 0 aromatic rings. The van der Waals surface area contributed by atoms with Gasteiger partial charge in [-0.15, -0.1) is 0 Å². The Morgan fingerprint density at radius 1 is 1.73 bits per heavy atom. The standard InChI is InChI=1S/C8H11NOS/c1-3-9-7(2)6-11-8(9)4-5-10/h4-6H,3H2,1-2H3/b8-4-. The van der Waals surface area contributed by atoms with E-state index in [1.54, 1.807) is 17.8 Å². The van der Waals surface area contributed by atoms with Crippen LogP contribution in [0.2, 0.25) is 0 Å². The van der Waals surface area contributed by atoms with Crippen LogP contribution in [0.4, 0.5) is 0 Å². The Morgan fingerprint density at radius 3 is 3.00 bits per heavy atom. The van der Waals surface area contributed by atoms with Crippen molar-refractivity contribution in [3.8, 4) is 0 Å². The highest BCUT2D eigenvalue weighted by Crippen LogP contribution is 2.32. The number of aldehydes is 1. The summed E-state index contributed by atoms with van der Waals surface area (Å²) >= 11 is 1.60. The molecule has 0 N–H and O–H groups in total. The fourth-order valence-corrected chi connectivity index (χ4v) is 1.99. The van der Waals surface area contributed by atoms with Gasteiger partial charge >= 0.3 is 0 Å². The molecule has 0 amide bonds. The van der Waals surface area contributed by atoms with Gasteiger partial charge in [0.05, 0.1) is 5.03 Å². The summed E-state index contributed by atoms with van der Waals surface area (Å²) in [6, 6.07) is 0. The lowest BCUT2D eigenvalue weighted by Gasteiger charge is -2.17. The van der Waals surface area contributed by atoms with Crippen molar-refractivity contribution >= 4 is 18.0 Å². The van der Waals surface area contributed by atoms with Gasteiger partial charge in [0, 0.05) is 18.3 Å². The molecule has 0 aliphatic carbocycles. The van der Waals surface area contributed by atoms with Crippen LogP contribution < -0.4 is 0 Å². The summed E-state index contributed by atoms with van der Waals surface area (Å²) < 4.78 is 0. The molecule has 3 heteroatoms. The summed E-state index contributed by atoms with van der Waals surface area (Å²) in [5, 5.41) is 3.08. The maximum Gasteiger partial charge on any atom is 0.145 e. The first kappa shape index (κ1) is 8.40. The minimum Gasteiger partial charge on any atom is -0.340 e. The number of carbonyl (C=O) groups is 1. The molecule has 0 saturated heterocycles. The highest BCUT2D eigenvalue weighted by atomic mass is 32.2. The van der Waals surface area contributed by atoms with Gasteiger partial charge in [-0.3, -0.25) is 4.79 Å². The molecule has 0 bridgehead atoms. The van der Waals surface area contributed by atoms with Crippen LogP contribution in [0.3, 0.4) is 0 Å². The van der Waals surface area contributed by atoms with E-state index in [4.69, 9.17) is 0 Å². The molecule has 1 rings (SSSR count). The van der Waals surface area contributed by atoms with Crippen LogP contribution in [0.15, 0.2) is 22.2 Å². The van der Waals surface area contributed by atoms with E-state index in [-0.39, 0.29) is 0 Å². The van der Waals surface area contributed by atoms with Gasteiger partial charge in [0.15, 0.2) is 0 Å². The first-order valence-electron chi connectivity index (χ1n) is 3.56. The first-order valence-corrected chi connectivity index (χ1v) is 4.44. The lowest BCUT2D eigenvalue weighted by molar-refractivity contribution is -0.104. The summed E-state index contributed by atoms with van der Waals surface area (Å²) in [5.41, 5.74) is 1.21. The van der Waals surface area contributed by atoms with E-state index < -0.39 is 0 Å². The summed E-state index contributed by atoms with van der Waals surface area (Å²) in [6.45, 7) is 5.04. The Labute approximate surface area is 71.0 Å². The third-order valence-electron chi connectivity index (χ3n) is 1.57. The number of hydrogen-bond donors (Lipinski definition) is 0. The molecule has 11 heavy (non-hydrogen) atoms. The van der Waals surface area contributed by atoms with Crippen molar-refractivity contribution in [1.29, 1.82) is 0 Å². The summed E-state index contributed by atoms with van der Waals surface area (Å²) in [6.07, 6.45) is 2.43. The molecule has 1 aliphatic heterocycles.